The Bertz CT molecular complexity index is 2740. The fourth-order valence-corrected chi connectivity index (χ4v) is 8.19. The van der Waals surface area contributed by atoms with Crippen molar-refractivity contribution < 1.29 is 0 Å². The summed E-state index contributed by atoms with van der Waals surface area (Å²) in [4.78, 5) is 4.44. The van der Waals surface area contributed by atoms with Crippen LogP contribution < -0.4 is 0 Å². The lowest BCUT2D eigenvalue weighted by molar-refractivity contribution is 0.660. The lowest BCUT2D eigenvalue weighted by atomic mass is 9.82. The first-order valence-electron chi connectivity index (χ1n) is 18.8. The van der Waals surface area contributed by atoms with E-state index in [1.807, 2.05) is 18.3 Å². The predicted molar refractivity (Wildman–Crippen MR) is 227 cm³/mol. The molecule has 1 aliphatic carbocycles. The summed E-state index contributed by atoms with van der Waals surface area (Å²) in [6, 6.07) is 65.4. The molecule has 2 nitrogen and oxygen atoms in total. The summed E-state index contributed by atoms with van der Waals surface area (Å²) >= 11 is 0. The van der Waals surface area contributed by atoms with Gasteiger partial charge < -0.3 is 4.57 Å². The van der Waals surface area contributed by atoms with Gasteiger partial charge in [-0.3, -0.25) is 4.98 Å². The highest BCUT2D eigenvalue weighted by Crippen LogP contribution is 2.48. The molecule has 260 valence electrons. The summed E-state index contributed by atoms with van der Waals surface area (Å²) in [5, 5.41) is 2.59. The van der Waals surface area contributed by atoms with E-state index >= 15 is 0 Å². The third kappa shape index (κ3) is 6.10. The van der Waals surface area contributed by atoms with Gasteiger partial charge in [0.25, 0.3) is 0 Å². The fourth-order valence-electron chi connectivity index (χ4n) is 8.19. The highest BCUT2D eigenvalue weighted by Gasteiger charge is 2.34. The van der Waals surface area contributed by atoms with Gasteiger partial charge in [-0.05, 0) is 100 Å². The molecule has 7 aromatic carbocycles. The van der Waals surface area contributed by atoms with Gasteiger partial charge in [-0.2, -0.15) is 0 Å². The van der Waals surface area contributed by atoms with Crippen molar-refractivity contribution in [3.63, 3.8) is 0 Å². The second-order valence-corrected chi connectivity index (χ2v) is 14.9. The number of nitrogens with zero attached hydrogens (tertiary/aromatic N) is 2. The molecule has 0 radical (unpaired) electrons. The van der Waals surface area contributed by atoms with Crippen LogP contribution in [0.5, 0.6) is 0 Å². The van der Waals surface area contributed by atoms with Crippen molar-refractivity contribution in [1.29, 1.82) is 0 Å². The summed E-state index contributed by atoms with van der Waals surface area (Å²) in [6.07, 6.45) is 2.78. The van der Waals surface area contributed by atoms with E-state index in [1.54, 1.807) is 0 Å². The van der Waals surface area contributed by atoms with Crippen LogP contribution in [0.3, 0.4) is 0 Å². The van der Waals surface area contributed by atoms with Gasteiger partial charge in [0.1, 0.15) is 0 Å². The van der Waals surface area contributed by atoms with E-state index in [-0.39, 0.29) is 5.41 Å². The molecule has 0 N–H and O–H groups in total. The molecule has 9 aromatic rings. The summed E-state index contributed by atoms with van der Waals surface area (Å²) in [7, 11) is 0. The van der Waals surface area contributed by atoms with Crippen LogP contribution in [0.1, 0.15) is 41.7 Å². The van der Waals surface area contributed by atoms with Crippen LogP contribution in [0.25, 0.3) is 61.0 Å². The molecule has 0 fully saturated rings. The monoisotopic (exact) mass is 694 g/mol. The summed E-state index contributed by atoms with van der Waals surface area (Å²) in [5.74, 6) is 0. The zero-order valence-corrected chi connectivity index (χ0v) is 31.0. The molecule has 54 heavy (non-hydrogen) atoms. The minimum atomic E-state index is 0.0782. The van der Waals surface area contributed by atoms with E-state index in [0.717, 1.165) is 17.7 Å². The lowest BCUT2D eigenvalue weighted by Gasteiger charge is -2.21. The fraction of sp³-hybridized carbons (Fsp3) is 0.0962. The van der Waals surface area contributed by atoms with Crippen molar-refractivity contribution in [3.05, 3.63) is 216 Å². The molecule has 1 aliphatic rings. The second-order valence-electron chi connectivity index (χ2n) is 14.9. The van der Waals surface area contributed by atoms with Crippen LogP contribution in [-0.4, -0.2) is 9.55 Å². The van der Waals surface area contributed by atoms with E-state index < -0.39 is 0 Å². The van der Waals surface area contributed by atoms with Gasteiger partial charge in [-0.25, -0.2) is 0 Å². The number of rotatable bonds is 5. The quantitative estimate of drug-likeness (QED) is 0.175. The number of hydrogen-bond acceptors (Lipinski definition) is 1. The summed E-state index contributed by atoms with van der Waals surface area (Å²) in [6.45, 7) is 6.78. The summed E-state index contributed by atoms with van der Waals surface area (Å²) < 4.78 is 2.35. The maximum absolute atomic E-state index is 4.44. The van der Waals surface area contributed by atoms with Crippen LogP contribution in [0, 0.1) is 6.92 Å². The Morgan fingerprint density at radius 1 is 0.481 bits per heavy atom. The topological polar surface area (TPSA) is 17.8 Å². The molecule has 0 saturated heterocycles. The number of para-hydroxylation sites is 2. The second kappa shape index (κ2) is 13.8. The molecule has 10 rings (SSSR count). The first kappa shape index (κ1) is 33.3. The molecule has 0 spiro atoms. The highest BCUT2D eigenvalue weighted by molar-refractivity contribution is 6.10. The summed E-state index contributed by atoms with van der Waals surface area (Å²) in [5.41, 5.74) is 18.1. The number of hydrogen-bond donors (Lipinski definition) is 0. The van der Waals surface area contributed by atoms with Crippen molar-refractivity contribution in [2.45, 2.75) is 32.6 Å². The molecule has 0 unspecified atom stereocenters. The van der Waals surface area contributed by atoms with E-state index in [1.165, 1.54) is 77.6 Å². The Labute approximate surface area is 318 Å². The van der Waals surface area contributed by atoms with Crippen LogP contribution >= 0.6 is 0 Å². The van der Waals surface area contributed by atoms with Crippen molar-refractivity contribution in [3.8, 4) is 39.2 Å². The first-order chi connectivity index (χ1) is 26.4. The number of aryl methyl sites for hydroxylation is 1. The number of pyridine rings is 1. The van der Waals surface area contributed by atoms with Crippen LogP contribution in [0.2, 0.25) is 0 Å². The van der Waals surface area contributed by atoms with Crippen molar-refractivity contribution >= 4 is 21.8 Å². The van der Waals surface area contributed by atoms with E-state index in [4.69, 9.17) is 0 Å². The highest BCUT2D eigenvalue weighted by atomic mass is 15.0. The number of aromatic nitrogens is 2. The average molecular weight is 695 g/mol. The van der Waals surface area contributed by atoms with Gasteiger partial charge >= 0.3 is 0 Å². The van der Waals surface area contributed by atoms with Crippen molar-refractivity contribution in [1.82, 2.24) is 9.55 Å². The molecule has 2 heteroatoms. The van der Waals surface area contributed by atoms with E-state index in [2.05, 4.69) is 200 Å². The molecule has 0 saturated carbocycles. The van der Waals surface area contributed by atoms with Gasteiger partial charge in [0.05, 0.1) is 16.7 Å². The van der Waals surface area contributed by atoms with Gasteiger partial charge in [0, 0.05) is 33.6 Å². The van der Waals surface area contributed by atoms with Gasteiger partial charge in [-0.1, -0.05) is 159 Å². The maximum Gasteiger partial charge on any atom is 0.0701 e. The molecule has 0 atom stereocenters. The van der Waals surface area contributed by atoms with Crippen LogP contribution in [-0.2, 0) is 11.8 Å². The zero-order valence-electron chi connectivity index (χ0n) is 31.0. The molecule has 2 aromatic heterocycles. The average Bonchev–Trinajstić information content (AvgIpc) is 3.67. The largest absolute Gasteiger partial charge is 0.309 e. The normalized spacial score (nSPS) is 12.6. The molecule has 0 bridgehead atoms. The minimum Gasteiger partial charge on any atom is -0.309 e. The Morgan fingerprint density at radius 3 is 1.93 bits per heavy atom. The standard InChI is InChI=1S/C27H23N.C25H19N/c1-27(2)24-8-4-3-7-22(24)23-18-20(12-15-25(23)27)17-19-10-13-21(14-11-19)26-9-5-6-16-28-26;1-18-11-13-19(14-12-18)20-15-16-25-23(17-20)22-9-5-6-10-24(22)26(25)21-7-3-2-4-8-21/h3-16,18H,17H2,1-2H3;2-17H,1H3. The third-order valence-electron chi connectivity index (χ3n) is 11.0. The van der Waals surface area contributed by atoms with Crippen LogP contribution in [0.15, 0.2) is 188 Å². The Morgan fingerprint density at radius 2 is 1.13 bits per heavy atom. The zero-order chi connectivity index (χ0) is 36.6. The van der Waals surface area contributed by atoms with Crippen molar-refractivity contribution in [2.24, 2.45) is 0 Å². The maximum atomic E-state index is 4.44. The predicted octanol–water partition coefficient (Wildman–Crippen LogP) is 13.4. The number of fused-ring (bicyclic) bond motifs is 6. The van der Waals surface area contributed by atoms with E-state index in [0.29, 0.717) is 0 Å². The molecule has 2 heterocycles. The molecular formula is C52H42N2. The Hall–Kier alpha value is -6.51. The van der Waals surface area contributed by atoms with Gasteiger partial charge in [-0.15, -0.1) is 0 Å². The minimum absolute atomic E-state index is 0.0782. The lowest BCUT2D eigenvalue weighted by Crippen LogP contribution is -2.14. The molecular weight excluding hydrogens is 653 g/mol. The van der Waals surface area contributed by atoms with Gasteiger partial charge in [0.15, 0.2) is 0 Å². The van der Waals surface area contributed by atoms with E-state index in [9.17, 15) is 0 Å². The smallest absolute Gasteiger partial charge is 0.0701 e. The van der Waals surface area contributed by atoms with Gasteiger partial charge in [0.2, 0.25) is 0 Å². The van der Waals surface area contributed by atoms with Crippen molar-refractivity contribution in [2.75, 3.05) is 0 Å². The third-order valence-corrected chi connectivity index (χ3v) is 11.0. The first-order valence-corrected chi connectivity index (χ1v) is 18.8. The van der Waals surface area contributed by atoms with Crippen LogP contribution in [0.4, 0.5) is 0 Å². The Balaban J connectivity index is 0.000000143. The molecule has 0 amide bonds. The Kier molecular flexibility index (Phi) is 8.52. The SMILES string of the molecule is CC1(C)c2ccccc2-c2cc(Cc3ccc(-c4ccccn4)cc3)ccc21.Cc1ccc(-c2ccc3c(c2)c2ccccc2n3-c2ccccc2)cc1. The number of benzene rings is 7. The molecule has 0 aliphatic heterocycles.